The Morgan fingerprint density at radius 1 is 1.19 bits per heavy atom. The van der Waals surface area contributed by atoms with Crippen LogP contribution in [0.2, 0.25) is 5.02 Å². The molecule has 8 nitrogen and oxygen atoms in total. The Kier molecular flexibility index (Phi) is 9.00. The third-order valence-corrected chi connectivity index (χ3v) is 6.62. The Bertz CT molecular complexity index is 1220. The van der Waals surface area contributed by atoms with E-state index in [-0.39, 0.29) is 12.0 Å². The molecule has 3 aromatic rings. The van der Waals surface area contributed by atoms with E-state index in [0.717, 1.165) is 39.3 Å². The number of halogens is 1. The van der Waals surface area contributed by atoms with E-state index in [0.29, 0.717) is 23.1 Å². The molecule has 0 saturated carbocycles. The lowest BCUT2D eigenvalue weighted by Gasteiger charge is -2.25. The summed E-state index contributed by atoms with van der Waals surface area (Å²) in [5.41, 5.74) is 5.74. The van der Waals surface area contributed by atoms with Crippen molar-refractivity contribution in [3.05, 3.63) is 63.8 Å². The number of anilines is 1. The third-order valence-electron chi connectivity index (χ3n) is 6.23. The molecule has 0 amide bonds. The number of nitrogens with zero attached hydrogens (tertiary/aromatic N) is 4. The molecule has 0 bridgehead atoms. The number of hydrogen-bond acceptors (Lipinski definition) is 8. The minimum absolute atomic E-state index is 0.133. The summed E-state index contributed by atoms with van der Waals surface area (Å²) >= 11 is 6.73. The summed E-state index contributed by atoms with van der Waals surface area (Å²) in [5, 5.41) is 22.2. The number of aliphatic hydroxyl groups is 1. The molecular weight excluding hydrogens is 476 g/mol. The number of aliphatic hydroxyl groups excluding tert-OH is 1. The van der Waals surface area contributed by atoms with Crippen molar-refractivity contribution in [2.75, 3.05) is 26.0 Å². The summed E-state index contributed by atoms with van der Waals surface area (Å²) in [4.78, 5) is 15.0. The van der Waals surface area contributed by atoms with Crippen LogP contribution >= 0.6 is 11.6 Å². The molecule has 192 valence electrons. The van der Waals surface area contributed by atoms with Crippen molar-refractivity contribution in [3.63, 3.8) is 0 Å². The van der Waals surface area contributed by atoms with E-state index in [2.05, 4.69) is 20.3 Å². The van der Waals surface area contributed by atoms with Crippen LogP contribution in [0.25, 0.3) is 11.1 Å². The van der Waals surface area contributed by atoms with Crippen LogP contribution in [0.4, 0.5) is 5.82 Å². The number of aryl methyl sites for hydroxylation is 1. The van der Waals surface area contributed by atoms with Crippen molar-refractivity contribution in [2.24, 2.45) is 0 Å². The summed E-state index contributed by atoms with van der Waals surface area (Å²) in [6, 6.07) is 5.45. The first-order chi connectivity index (χ1) is 17.1. The van der Waals surface area contributed by atoms with Crippen LogP contribution in [0.3, 0.4) is 0 Å². The van der Waals surface area contributed by atoms with Gasteiger partial charge in [0.25, 0.3) is 0 Å². The zero-order chi connectivity index (χ0) is 26.6. The molecule has 0 radical (unpaired) electrons. The standard InChI is InChI=1S/C27H35ClN6O2/c1-8-36-25-20(17(4)33-26-23(15(2)12-29)18(5)31-14-32-26)11-21(28)16(3)24(25)19-9-10-22(30-13-19)27(35)34(6)7/h9-15,17,27,29,35H,8H2,1-7H3,(H,31,32,33). The van der Waals surface area contributed by atoms with Crippen molar-refractivity contribution in [1.82, 2.24) is 19.9 Å². The van der Waals surface area contributed by atoms with Gasteiger partial charge in [-0.1, -0.05) is 24.6 Å². The van der Waals surface area contributed by atoms with Crippen molar-refractivity contribution < 1.29 is 9.84 Å². The number of rotatable bonds is 10. The highest BCUT2D eigenvalue weighted by atomic mass is 35.5. The molecule has 2 aromatic heterocycles. The van der Waals surface area contributed by atoms with Gasteiger partial charge in [-0.05, 0) is 59.5 Å². The molecule has 3 unspecified atom stereocenters. The van der Waals surface area contributed by atoms with Gasteiger partial charge >= 0.3 is 0 Å². The third kappa shape index (κ3) is 5.67. The lowest BCUT2D eigenvalue weighted by molar-refractivity contribution is 0.0358. The molecule has 3 atom stereocenters. The highest BCUT2D eigenvalue weighted by Crippen LogP contribution is 2.43. The van der Waals surface area contributed by atoms with Crippen molar-refractivity contribution in [3.8, 4) is 16.9 Å². The lowest BCUT2D eigenvalue weighted by Crippen LogP contribution is -2.20. The minimum atomic E-state index is -0.792. The van der Waals surface area contributed by atoms with Crippen LogP contribution in [0.5, 0.6) is 5.75 Å². The Hall–Kier alpha value is -3.07. The molecule has 3 N–H and O–H groups in total. The smallest absolute Gasteiger partial charge is 0.150 e. The highest BCUT2D eigenvalue weighted by Gasteiger charge is 2.24. The molecule has 0 saturated heterocycles. The van der Waals surface area contributed by atoms with Gasteiger partial charge in [-0.3, -0.25) is 9.88 Å². The van der Waals surface area contributed by atoms with E-state index in [1.165, 1.54) is 12.5 Å². The van der Waals surface area contributed by atoms with Gasteiger partial charge in [-0.15, -0.1) is 0 Å². The predicted octanol–water partition coefficient (Wildman–Crippen LogP) is 5.69. The summed E-state index contributed by atoms with van der Waals surface area (Å²) in [6.45, 7) is 10.3. The average molecular weight is 511 g/mol. The van der Waals surface area contributed by atoms with Gasteiger partial charge in [0.05, 0.1) is 18.3 Å². The van der Waals surface area contributed by atoms with E-state index >= 15 is 0 Å². The second kappa shape index (κ2) is 11.8. The second-order valence-electron chi connectivity index (χ2n) is 9.06. The van der Waals surface area contributed by atoms with E-state index in [1.54, 1.807) is 25.2 Å². The van der Waals surface area contributed by atoms with Gasteiger partial charge in [-0.25, -0.2) is 9.97 Å². The van der Waals surface area contributed by atoms with Gasteiger partial charge in [0.1, 0.15) is 24.1 Å². The SMILES string of the molecule is CCOc1c(C(C)Nc2ncnc(C)c2C(C)C=N)cc(Cl)c(C)c1-c1ccc(C(O)N(C)C)nc1. The van der Waals surface area contributed by atoms with Gasteiger partial charge < -0.3 is 20.6 Å². The van der Waals surface area contributed by atoms with Crippen LogP contribution in [0, 0.1) is 19.3 Å². The maximum absolute atomic E-state index is 10.3. The summed E-state index contributed by atoms with van der Waals surface area (Å²) in [7, 11) is 3.59. The Balaban J connectivity index is 2.10. The number of nitrogens with one attached hydrogen (secondary N) is 2. The Labute approximate surface area is 218 Å². The summed E-state index contributed by atoms with van der Waals surface area (Å²) < 4.78 is 6.20. The van der Waals surface area contributed by atoms with Crippen molar-refractivity contribution >= 4 is 23.6 Å². The topological polar surface area (TPSA) is 107 Å². The number of ether oxygens (including phenoxy) is 1. The molecule has 2 heterocycles. The number of aromatic nitrogens is 3. The van der Waals surface area contributed by atoms with Crippen molar-refractivity contribution in [1.29, 1.82) is 5.41 Å². The molecule has 0 spiro atoms. The van der Waals surface area contributed by atoms with Crippen LogP contribution in [0.1, 0.15) is 67.0 Å². The van der Waals surface area contributed by atoms with Crippen molar-refractivity contribution in [2.45, 2.75) is 52.8 Å². The molecule has 3 rings (SSSR count). The maximum atomic E-state index is 10.3. The number of benzene rings is 1. The molecule has 0 fully saturated rings. The van der Waals surface area contributed by atoms with Gasteiger partial charge in [0.15, 0.2) is 0 Å². The first kappa shape index (κ1) is 27.5. The van der Waals surface area contributed by atoms with Gasteiger partial charge in [0.2, 0.25) is 0 Å². The Morgan fingerprint density at radius 3 is 2.50 bits per heavy atom. The normalized spacial score (nSPS) is 13.8. The molecular formula is C27H35ClN6O2. The molecule has 0 aliphatic rings. The van der Waals surface area contributed by atoms with E-state index in [9.17, 15) is 5.11 Å². The highest BCUT2D eigenvalue weighted by molar-refractivity contribution is 6.32. The van der Waals surface area contributed by atoms with E-state index < -0.39 is 6.23 Å². The fourth-order valence-corrected chi connectivity index (χ4v) is 4.41. The molecule has 0 aliphatic carbocycles. The Morgan fingerprint density at radius 2 is 1.92 bits per heavy atom. The van der Waals surface area contributed by atoms with Gasteiger partial charge in [-0.2, -0.15) is 0 Å². The van der Waals surface area contributed by atoms with E-state index in [1.807, 2.05) is 52.8 Å². The molecule has 36 heavy (non-hydrogen) atoms. The first-order valence-electron chi connectivity index (χ1n) is 12.0. The molecule has 1 aromatic carbocycles. The quantitative estimate of drug-likeness (QED) is 0.237. The van der Waals surface area contributed by atoms with Gasteiger partial charge in [0, 0.05) is 51.3 Å². The molecule has 0 aliphatic heterocycles. The summed E-state index contributed by atoms with van der Waals surface area (Å²) in [6.07, 6.45) is 3.86. The second-order valence-corrected chi connectivity index (χ2v) is 9.47. The fraction of sp³-hybridized carbons (Fsp3) is 0.407. The van der Waals surface area contributed by atoms with Crippen LogP contribution in [-0.4, -0.2) is 51.9 Å². The largest absolute Gasteiger partial charge is 0.493 e. The minimum Gasteiger partial charge on any atom is -0.493 e. The fourth-order valence-electron chi connectivity index (χ4n) is 4.19. The maximum Gasteiger partial charge on any atom is 0.150 e. The summed E-state index contributed by atoms with van der Waals surface area (Å²) in [5.74, 6) is 1.26. The zero-order valence-electron chi connectivity index (χ0n) is 21.9. The number of pyridine rings is 1. The molecule has 9 heteroatoms. The zero-order valence-corrected chi connectivity index (χ0v) is 22.7. The van der Waals surface area contributed by atoms with E-state index in [4.69, 9.17) is 21.7 Å². The lowest BCUT2D eigenvalue weighted by atomic mass is 9.94. The number of hydrogen-bond donors (Lipinski definition) is 3. The van der Waals surface area contributed by atoms with Crippen LogP contribution in [0.15, 0.2) is 30.7 Å². The van der Waals surface area contributed by atoms with Crippen LogP contribution in [-0.2, 0) is 0 Å². The monoisotopic (exact) mass is 510 g/mol. The average Bonchev–Trinajstić information content (AvgIpc) is 2.85. The van der Waals surface area contributed by atoms with Crippen LogP contribution < -0.4 is 10.1 Å². The first-order valence-corrected chi connectivity index (χ1v) is 12.3. The predicted molar refractivity (Wildman–Crippen MR) is 145 cm³/mol.